The van der Waals surface area contributed by atoms with Crippen LogP contribution in [0.5, 0.6) is 5.75 Å². The maximum Gasteiger partial charge on any atom is 0.122 e. The Hall–Kier alpha value is -1.06. The third-order valence-electron chi connectivity index (χ3n) is 3.36. The van der Waals surface area contributed by atoms with E-state index in [-0.39, 0.29) is 6.10 Å². The number of hydrogen-bond acceptors (Lipinski definition) is 3. The van der Waals surface area contributed by atoms with Crippen molar-refractivity contribution in [1.82, 2.24) is 5.32 Å². The summed E-state index contributed by atoms with van der Waals surface area (Å²) in [6.07, 6.45) is 3.39. The molecule has 1 N–H and O–H groups in total. The summed E-state index contributed by atoms with van der Waals surface area (Å²) in [4.78, 5) is 0. The number of para-hydroxylation sites is 1. The van der Waals surface area contributed by atoms with E-state index < -0.39 is 0 Å². The van der Waals surface area contributed by atoms with Gasteiger partial charge < -0.3 is 14.8 Å². The maximum absolute atomic E-state index is 5.42. The highest BCUT2D eigenvalue weighted by Gasteiger charge is 2.15. The summed E-state index contributed by atoms with van der Waals surface area (Å²) >= 11 is 0. The highest BCUT2D eigenvalue weighted by atomic mass is 16.5. The monoisotopic (exact) mass is 265 g/mol. The van der Waals surface area contributed by atoms with E-state index in [4.69, 9.17) is 9.47 Å². The second kappa shape index (κ2) is 8.94. The highest BCUT2D eigenvalue weighted by Crippen LogP contribution is 2.20. The smallest absolute Gasteiger partial charge is 0.122 e. The van der Waals surface area contributed by atoms with Crippen molar-refractivity contribution in [2.45, 2.75) is 45.3 Å². The predicted molar refractivity (Wildman–Crippen MR) is 79.9 cm³/mol. The van der Waals surface area contributed by atoms with Gasteiger partial charge in [-0.05, 0) is 44.4 Å². The molecule has 0 aromatic heterocycles. The number of nitrogens with one attached hydrogen (secondary N) is 1. The van der Waals surface area contributed by atoms with Crippen molar-refractivity contribution < 1.29 is 9.47 Å². The van der Waals surface area contributed by atoms with Crippen LogP contribution in [-0.4, -0.2) is 32.9 Å². The third kappa shape index (κ3) is 5.62. The van der Waals surface area contributed by atoms with Crippen molar-refractivity contribution in [3.05, 3.63) is 29.8 Å². The van der Waals surface area contributed by atoms with Gasteiger partial charge in [-0.2, -0.15) is 0 Å². The van der Waals surface area contributed by atoms with Crippen LogP contribution < -0.4 is 10.1 Å². The van der Waals surface area contributed by atoms with E-state index in [0.29, 0.717) is 6.04 Å². The van der Waals surface area contributed by atoms with E-state index in [0.717, 1.165) is 31.6 Å². The normalized spacial score (nSPS) is 14.1. The second-order valence-electron chi connectivity index (χ2n) is 4.95. The first-order chi connectivity index (χ1) is 9.21. The van der Waals surface area contributed by atoms with Crippen LogP contribution in [0, 0.1) is 0 Å². The zero-order valence-corrected chi connectivity index (χ0v) is 12.6. The molecule has 108 valence electrons. The summed E-state index contributed by atoms with van der Waals surface area (Å²) in [6.45, 7) is 5.34. The third-order valence-corrected chi connectivity index (χ3v) is 3.36. The van der Waals surface area contributed by atoms with Crippen LogP contribution in [0.2, 0.25) is 0 Å². The molecule has 2 unspecified atom stereocenters. The average Bonchev–Trinajstić information content (AvgIpc) is 2.45. The molecule has 19 heavy (non-hydrogen) atoms. The first-order valence-corrected chi connectivity index (χ1v) is 7.09. The van der Waals surface area contributed by atoms with Gasteiger partial charge in [0, 0.05) is 13.2 Å². The van der Waals surface area contributed by atoms with E-state index in [1.54, 1.807) is 14.2 Å². The van der Waals surface area contributed by atoms with Gasteiger partial charge in [0.05, 0.1) is 13.2 Å². The molecule has 0 spiro atoms. The minimum absolute atomic E-state index is 0.268. The standard InChI is InChI=1S/C16H27NO2/c1-5-10-17-15(11-13(2)18-3)12-14-8-6-7-9-16(14)19-4/h6-9,13,15,17H,5,10-12H2,1-4H3. The average molecular weight is 265 g/mol. The van der Waals surface area contributed by atoms with Crippen LogP contribution in [0.1, 0.15) is 32.3 Å². The molecular formula is C16H27NO2. The van der Waals surface area contributed by atoms with Gasteiger partial charge in [0.1, 0.15) is 5.75 Å². The second-order valence-corrected chi connectivity index (χ2v) is 4.95. The lowest BCUT2D eigenvalue weighted by atomic mass is 10.00. The molecule has 0 saturated carbocycles. The molecule has 0 amide bonds. The van der Waals surface area contributed by atoms with Crippen LogP contribution in [-0.2, 0) is 11.2 Å². The molecule has 2 atom stereocenters. The zero-order valence-electron chi connectivity index (χ0n) is 12.6. The van der Waals surface area contributed by atoms with E-state index in [1.807, 2.05) is 12.1 Å². The van der Waals surface area contributed by atoms with Gasteiger partial charge in [0.15, 0.2) is 0 Å². The zero-order chi connectivity index (χ0) is 14.1. The molecule has 3 nitrogen and oxygen atoms in total. The summed E-state index contributed by atoms with van der Waals surface area (Å²) in [6, 6.07) is 8.65. The number of ether oxygens (including phenoxy) is 2. The molecule has 0 bridgehead atoms. The van der Waals surface area contributed by atoms with Crippen molar-refractivity contribution in [1.29, 1.82) is 0 Å². The van der Waals surface area contributed by atoms with Gasteiger partial charge in [-0.1, -0.05) is 25.1 Å². The molecule has 1 aromatic rings. The molecule has 0 fully saturated rings. The molecule has 0 aliphatic heterocycles. The van der Waals surface area contributed by atoms with Crippen molar-refractivity contribution in [3.8, 4) is 5.75 Å². The Kier molecular flexibility index (Phi) is 7.53. The highest BCUT2D eigenvalue weighted by molar-refractivity contribution is 5.33. The Labute approximate surface area is 117 Å². The van der Waals surface area contributed by atoms with Crippen molar-refractivity contribution in [3.63, 3.8) is 0 Å². The van der Waals surface area contributed by atoms with Crippen LogP contribution in [0.4, 0.5) is 0 Å². The fourth-order valence-corrected chi connectivity index (χ4v) is 2.22. The Bertz CT molecular complexity index is 354. The fraction of sp³-hybridized carbons (Fsp3) is 0.625. The summed E-state index contributed by atoms with van der Waals surface area (Å²) in [5, 5.41) is 3.60. The molecule has 0 heterocycles. The lowest BCUT2D eigenvalue weighted by Gasteiger charge is -2.22. The maximum atomic E-state index is 5.42. The van der Waals surface area contributed by atoms with E-state index in [1.165, 1.54) is 5.56 Å². The van der Waals surface area contributed by atoms with E-state index in [2.05, 4.69) is 31.3 Å². The number of benzene rings is 1. The first kappa shape index (κ1) is 16.0. The van der Waals surface area contributed by atoms with Gasteiger partial charge in [0.2, 0.25) is 0 Å². The quantitative estimate of drug-likeness (QED) is 0.744. The van der Waals surface area contributed by atoms with Crippen molar-refractivity contribution >= 4 is 0 Å². The van der Waals surface area contributed by atoms with Crippen molar-refractivity contribution in [2.75, 3.05) is 20.8 Å². The minimum atomic E-state index is 0.268. The van der Waals surface area contributed by atoms with Crippen LogP contribution in [0.3, 0.4) is 0 Å². The van der Waals surface area contributed by atoms with Gasteiger partial charge >= 0.3 is 0 Å². The summed E-state index contributed by atoms with van der Waals surface area (Å²) in [5.74, 6) is 0.968. The Balaban J connectivity index is 2.69. The largest absolute Gasteiger partial charge is 0.496 e. The summed E-state index contributed by atoms with van der Waals surface area (Å²) < 4.78 is 10.8. The Morgan fingerprint density at radius 1 is 1.21 bits per heavy atom. The molecule has 0 saturated heterocycles. The van der Waals surface area contributed by atoms with Crippen molar-refractivity contribution in [2.24, 2.45) is 0 Å². The van der Waals surface area contributed by atoms with Crippen LogP contribution in [0.25, 0.3) is 0 Å². The van der Waals surface area contributed by atoms with Gasteiger partial charge in [-0.3, -0.25) is 0 Å². The van der Waals surface area contributed by atoms with Crippen LogP contribution in [0.15, 0.2) is 24.3 Å². The minimum Gasteiger partial charge on any atom is -0.496 e. The molecule has 1 rings (SSSR count). The summed E-state index contributed by atoms with van der Waals surface area (Å²) in [7, 11) is 3.50. The number of hydrogen-bond donors (Lipinski definition) is 1. The van der Waals surface area contributed by atoms with Gasteiger partial charge in [0.25, 0.3) is 0 Å². The first-order valence-electron chi connectivity index (χ1n) is 7.09. The topological polar surface area (TPSA) is 30.5 Å². The van der Waals surface area contributed by atoms with Gasteiger partial charge in [-0.15, -0.1) is 0 Å². The van der Waals surface area contributed by atoms with E-state index >= 15 is 0 Å². The molecule has 0 aliphatic carbocycles. The lowest BCUT2D eigenvalue weighted by molar-refractivity contribution is 0.100. The lowest BCUT2D eigenvalue weighted by Crippen LogP contribution is -2.35. The Morgan fingerprint density at radius 2 is 1.95 bits per heavy atom. The van der Waals surface area contributed by atoms with Crippen LogP contribution >= 0.6 is 0 Å². The molecule has 1 aromatic carbocycles. The molecular weight excluding hydrogens is 238 g/mol. The van der Waals surface area contributed by atoms with Gasteiger partial charge in [-0.25, -0.2) is 0 Å². The van der Waals surface area contributed by atoms with E-state index in [9.17, 15) is 0 Å². The SMILES string of the molecule is CCCNC(Cc1ccccc1OC)CC(C)OC. The molecule has 3 heteroatoms. The number of rotatable bonds is 9. The Morgan fingerprint density at radius 3 is 2.58 bits per heavy atom. The predicted octanol–water partition coefficient (Wildman–Crippen LogP) is 3.03. The molecule has 0 radical (unpaired) electrons. The fourth-order valence-electron chi connectivity index (χ4n) is 2.22. The molecule has 0 aliphatic rings. The number of methoxy groups -OCH3 is 2. The summed E-state index contributed by atoms with van der Waals surface area (Å²) in [5.41, 5.74) is 1.25.